The number of aliphatic carboxylic acids is 1. The van der Waals surface area contributed by atoms with E-state index in [1.54, 1.807) is 4.57 Å². The van der Waals surface area contributed by atoms with Gasteiger partial charge in [0.25, 0.3) is 10.0 Å². The lowest BCUT2D eigenvalue weighted by Crippen LogP contribution is -2.41. The lowest BCUT2D eigenvalue weighted by Gasteiger charge is -2.21. The number of fused-ring (bicyclic) bond motifs is 1. The number of aromatic nitrogens is 2. The zero-order chi connectivity index (χ0) is 13.6. The van der Waals surface area contributed by atoms with Gasteiger partial charge in [0.05, 0.1) is 6.20 Å². The second-order valence-electron chi connectivity index (χ2n) is 4.88. The summed E-state index contributed by atoms with van der Waals surface area (Å²) in [5, 5.41) is 9.24. The fourth-order valence-electron chi connectivity index (χ4n) is 2.83. The quantitative estimate of drug-likeness (QED) is 0.848. The van der Waals surface area contributed by atoms with E-state index in [2.05, 4.69) is 4.98 Å². The largest absolute Gasteiger partial charge is 0.480 e. The van der Waals surface area contributed by atoms with Gasteiger partial charge in [-0.05, 0) is 19.3 Å². The normalized spacial score (nSPS) is 23.7. The van der Waals surface area contributed by atoms with Crippen LogP contribution < -0.4 is 0 Å². The van der Waals surface area contributed by atoms with Crippen LogP contribution in [0.2, 0.25) is 0 Å². The highest BCUT2D eigenvalue weighted by Crippen LogP contribution is 2.28. The molecule has 7 nitrogen and oxygen atoms in total. The van der Waals surface area contributed by atoms with Gasteiger partial charge in [0, 0.05) is 19.5 Å². The zero-order valence-electron chi connectivity index (χ0n) is 10.3. The Bertz CT molecular complexity index is 622. The van der Waals surface area contributed by atoms with Gasteiger partial charge in [-0.3, -0.25) is 4.79 Å². The van der Waals surface area contributed by atoms with Crippen molar-refractivity contribution >= 4 is 16.0 Å². The first-order chi connectivity index (χ1) is 9.01. The fraction of sp³-hybridized carbons (Fsp3) is 0.636. The Morgan fingerprint density at radius 3 is 2.89 bits per heavy atom. The Balaban J connectivity index is 2.00. The lowest BCUT2D eigenvalue weighted by molar-refractivity contribution is -0.140. The van der Waals surface area contributed by atoms with Crippen molar-refractivity contribution in [2.45, 2.75) is 43.3 Å². The van der Waals surface area contributed by atoms with E-state index in [4.69, 9.17) is 5.11 Å². The van der Waals surface area contributed by atoms with Crippen LogP contribution in [0.1, 0.15) is 25.1 Å². The minimum absolute atomic E-state index is 0.133. The summed E-state index contributed by atoms with van der Waals surface area (Å²) in [5.41, 5.74) is 0. The molecule has 1 aromatic heterocycles. The van der Waals surface area contributed by atoms with E-state index >= 15 is 0 Å². The first kappa shape index (κ1) is 12.6. The van der Waals surface area contributed by atoms with Crippen molar-refractivity contribution in [3.63, 3.8) is 0 Å². The summed E-state index contributed by atoms with van der Waals surface area (Å²) in [7, 11) is -3.76. The van der Waals surface area contributed by atoms with E-state index in [9.17, 15) is 13.2 Å². The topological polar surface area (TPSA) is 92.5 Å². The molecular formula is C11H15N3O4S. The van der Waals surface area contributed by atoms with E-state index in [0.29, 0.717) is 19.4 Å². The van der Waals surface area contributed by atoms with E-state index in [1.807, 2.05) is 0 Å². The molecule has 1 aromatic rings. The highest BCUT2D eigenvalue weighted by Gasteiger charge is 2.41. The molecule has 2 aliphatic heterocycles. The number of hydrogen-bond acceptors (Lipinski definition) is 4. The lowest BCUT2D eigenvalue weighted by atomic mass is 10.2. The molecule has 1 unspecified atom stereocenters. The molecule has 0 amide bonds. The second kappa shape index (κ2) is 4.31. The molecule has 104 valence electrons. The molecule has 0 spiro atoms. The highest BCUT2D eigenvalue weighted by molar-refractivity contribution is 7.89. The third-order valence-corrected chi connectivity index (χ3v) is 5.65. The van der Waals surface area contributed by atoms with Gasteiger partial charge in [0.1, 0.15) is 11.9 Å². The molecule has 3 rings (SSSR count). The number of hydrogen-bond donors (Lipinski definition) is 1. The van der Waals surface area contributed by atoms with Gasteiger partial charge in [-0.15, -0.1) is 0 Å². The Morgan fingerprint density at radius 1 is 1.37 bits per heavy atom. The van der Waals surface area contributed by atoms with Gasteiger partial charge in [-0.25, -0.2) is 13.4 Å². The number of sulfonamides is 1. The summed E-state index contributed by atoms with van der Waals surface area (Å²) in [4.78, 5) is 15.2. The van der Waals surface area contributed by atoms with Crippen molar-refractivity contribution in [3.8, 4) is 0 Å². The Hall–Kier alpha value is -1.41. The standard InChI is InChI=1S/C11H15N3O4S/c15-11(16)8-3-1-6-14(8)19(17,18)10-7-12-9-4-2-5-13(9)10/h7-8H,1-6H2,(H,15,16). The predicted octanol–water partition coefficient (Wildman–Crippen LogP) is 0.0670. The third-order valence-electron chi connectivity index (χ3n) is 3.75. The average molecular weight is 285 g/mol. The molecule has 0 aromatic carbocycles. The highest BCUT2D eigenvalue weighted by atomic mass is 32.2. The molecule has 1 atom stereocenters. The van der Waals surface area contributed by atoms with Gasteiger partial charge >= 0.3 is 5.97 Å². The van der Waals surface area contributed by atoms with Crippen molar-refractivity contribution in [3.05, 3.63) is 12.0 Å². The molecule has 2 aliphatic rings. The molecule has 1 saturated heterocycles. The number of aryl methyl sites for hydroxylation is 1. The minimum Gasteiger partial charge on any atom is -0.480 e. The zero-order valence-corrected chi connectivity index (χ0v) is 11.1. The third kappa shape index (κ3) is 1.86. The number of rotatable bonds is 3. The Labute approximate surface area is 110 Å². The van der Waals surface area contributed by atoms with Crippen LogP contribution in [0.5, 0.6) is 0 Å². The molecule has 1 fully saturated rings. The molecule has 0 radical (unpaired) electrons. The fourth-order valence-corrected chi connectivity index (χ4v) is 4.63. The van der Waals surface area contributed by atoms with Crippen LogP contribution in [0.4, 0.5) is 0 Å². The summed E-state index contributed by atoms with van der Waals surface area (Å²) in [6, 6.07) is -0.947. The second-order valence-corrected chi connectivity index (χ2v) is 6.72. The van der Waals surface area contributed by atoms with E-state index in [1.165, 1.54) is 6.20 Å². The minimum atomic E-state index is -3.76. The summed E-state index contributed by atoms with van der Waals surface area (Å²) in [6.45, 7) is 0.898. The van der Waals surface area contributed by atoms with Crippen LogP contribution in [0.15, 0.2) is 11.2 Å². The van der Waals surface area contributed by atoms with Crippen LogP contribution in [0.25, 0.3) is 0 Å². The van der Waals surface area contributed by atoms with Crippen LogP contribution >= 0.6 is 0 Å². The van der Waals surface area contributed by atoms with Crippen molar-refractivity contribution in [2.75, 3.05) is 6.54 Å². The SMILES string of the molecule is O=C(O)C1CCCN1S(=O)(=O)c1cnc2n1CCC2. The first-order valence-electron chi connectivity index (χ1n) is 6.31. The van der Waals surface area contributed by atoms with E-state index in [-0.39, 0.29) is 11.6 Å². The molecule has 0 bridgehead atoms. The van der Waals surface area contributed by atoms with Crippen molar-refractivity contribution in [1.29, 1.82) is 0 Å². The predicted molar refractivity (Wildman–Crippen MR) is 65.1 cm³/mol. The smallest absolute Gasteiger partial charge is 0.322 e. The number of carboxylic acids is 1. The number of nitrogens with zero attached hydrogens (tertiary/aromatic N) is 3. The van der Waals surface area contributed by atoms with Crippen LogP contribution in [-0.2, 0) is 27.8 Å². The maximum absolute atomic E-state index is 12.6. The van der Waals surface area contributed by atoms with Crippen LogP contribution in [-0.4, -0.2) is 45.9 Å². The van der Waals surface area contributed by atoms with E-state index < -0.39 is 22.0 Å². The molecule has 0 aliphatic carbocycles. The molecule has 19 heavy (non-hydrogen) atoms. The Kier molecular flexibility index (Phi) is 2.86. The Morgan fingerprint density at radius 2 is 2.16 bits per heavy atom. The van der Waals surface area contributed by atoms with Crippen LogP contribution in [0.3, 0.4) is 0 Å². The molecule has 0 saturated carbocycles. The summed E-state index contributed by atoms with van der Waals surface area (Å²) in [6.07, 6.45) is 3.96. The van der Waals surface area contributed by atoms with Crippen molar-refractivity contribution in [2.24, 2.45) is 0 Å². The van der Waals surface area contributed by atoms with E-state index in [0.717, 1.165) is 23.0 Å². The summed E-state index contributed by atoms with van der Waals surface area (Å²) < 4.78 is 27.9. The maximum atomic E-state index is 12.6. The van der Waals surface area contributed by atoms with Crippen LogP contribution in [0, 0.1) is 0 Å². The summed E-state index contributed by atoms with van der Waals surface area (Å²) >= 11 is 0. The van der Waals surface area contributed by atoms with Crippen molar-refractivity contribution < 1.29 is 18.3 Å². The maximum Gasteiger partial charge on any atom is 0.322 e. The summed E-state index contributed by atoms with van der Waals surface area (Å²) in [5.74, 6) is -0.313. The number of carboxylic acid groups (broad SMARTS) is 1. The van der Waals surface area contributed by atoms with Crippen molar-refractivity contribution in [1.82, 2.24) is 13.9 Å². The number of carbonyl (C=O) groups is 1. The van der Waals surface area contributed by atoms with Gasteiger partial charge in [-0.1, -0.05) is 0 Å². The first-order valence-corrected chi connectivity index (χ1v) is 7.75. The average Bonchev–Trinajstić information content (AvgIpc) is 3.04. The van der Waals surface area contributed by atoms with Gasteiger partial charge in [0.2, 0.25) is 0 Å². The van der Waals surface area contributed by atoms with Gasteiger partial charge < -0.3 is 9.67 Å². The monoisotopic (exact) mass is 285 g/mol. The molecular weight excluding hydrogens is 270 g/mol. The van der Waals surface area contributed by atoms with Gasteiger partial charge in [0.15, 0.2) is 5.03 Å². The molecule has 8 heteroatoms. The molecule has 1 N–H and O–H groups in total. The van der Waals surface area contributed by atoms with Gasteiger partial charge in [-0.2, -0.15) is 4.31 Å². The number of imidazole rings is 1. The molecule has 3 heterocycles.